The Morgan fingerprint density at radius 2 is 1.97 bits per heavy atom. The molecule has 1 aromatic heterocycles. The molecule has 29 heavy (non-hydrogen) atoms. The van der Waals surface area contributed by atoms with Gasteiger partial charge in [0, 0.05) is 36.5 Å². The van der Waals surface area contributed by atoms with Crippen LogP contribution in [0.1, 0.15) is 35.9 Å². The van der Waals surface area contributed by atoms with Gasteiger partial charge in [-0.3, -0.25) is 14.7 Å². The summed E-state index contributed by atoms with van der Waals surface area (Å²) >= 11 is 6.45. The summed E-state index contributed by atoms with van der Waals surface area (Å²) in [5, 5.41) is 3.77. The number of amides is 1. The summed E-state index contributed by atoms with van der Waals surface area (Å²) < 4.78 is 5.41. The predicted octanol–water partition coefficient (Wildman–Crippen LogP) is 3.38. The summed E-state index contributed by atoms with van der Waals surface area (Å²) in [7, 11) is 0. The number of hydrogen-bond donors (Lipinski definition) is 1. The average Bonchev–Trinajstić information content (AvgIpc) is 2.78. The molecule has 0 bridgehead atoms. The Balaban J connectivity index is 1.72. The lowest BCUT2D eigenvalue weighted by atomic mass is 10.0. The second-order valence-electron chi connectivity index (χ2n) is 6.97. The number of carbonyl (C=O) groups is 1. The Morgan fingerprint density at radius 1 is 1.24 bits per heavy atom. The number of hydrogen-bond acceptors (Lipinski definition) is 5. The number of rotatable bonds is 8. The molecule has 2 heterocycles. The summed E-state index contributed by atoms with van der Waals surface area (Å²) in [4.78, 5) is 21.6. The highest BCUT2D eigenvalue weighted by Crippen LogP contribution is 2.27. The van der Waals surface area contributed by atoms with Crippen molar-refractivity contribution < 1.29 is 9.53 Å². The molecule has 0 aliphatic carbocycles. The lowest BCUT2D eigenvalue weighted by Gasteiger charge is -2.31. The summed E-state index contributed by atoms with van der Waals surface area (Å²) in [6.45, 7) is 9.47. The zero-order chi connectivity index (χ0) is 20.6. The molecule has 1 N–H and O–H groups in total. The Morgan fingerprint density at radius 3 is 2.66 bits per heavy atom. The van der Waals surface area contributed by atoms with Crippen molar-refractivity contribution in [1.29, 1.82) is 0 Å². The van der Waals surface area contributed by atoms with E-state index in [0.29, 0.717) is 30.5 Å². The normalized spacial score (nSPS) is 15.4. The first-order valence-electron chi connectivity index (χ1n) is 10.2. The van der Waals surface area contributed by atoms with Crippen molar-refractivity contribution in [2.75, 3.05) is 50.8 Å². The summed E-state index contributed by atoms with van der Waals surface area (Å²) in [6, 6.07) is 11.6. The van der Waals surface area contributed by atoms with Crippen molar-refractivity contribution in [1.82, 2.24) is 15.2 Å². The van der Waals surface area contributed by atoms with E-state index < -0.39 is 0 Å². The van der Waals surface area contributed by atoms with Gasteiger partial charge in [0.1, 0.15) is 5.69 Å². The molecule has 1 saturated heterocycles. The molecule has 0 spiro atoms. The lowest BCUT2D eigenvalue weighted by Crippen LogP contribution is -2.39. The van der Waals surface area contributed by atoms with Crippen LogP contribution in [-0.4, -0.2) is 61.7 Å². The number of halogens is 1. The van der Waals surface area contributed by atoms with Crippen LogP contribution in [0.3, 0.4) is 0 Å². The van der Waals surface area contributed by atoms with Crippen LogP contribution in [0.2, 0.25) is 5.02 Å². The number of benzene rings is 1. The van der Waals surface area contributed by atoms with Gasteiger partial charge in [0.15, 0.2) is 0 Å². The maximum atomic E-state index is 12.8. The van der Waals surface area contributed by atoms with Gasteiger partial charge in [0.25, 0.3) is 5.91 Å². The first kappa shape index (κ1) is 21.6. The first-order chi connectivity index (χ1) is 14.1. The lowest BCUT2D eigenvalue weighted by molar-refractivity contribution is 0.0930. The number of carbonyl (C=O) groups excluding carboxylic acids is 1. The van der Waals surface area contributed by atoms with E-state index in [1.807, 2.05) is 36.4 Å². The van der Waals surface area contributed by atoms with Crippen LogP contribution >= 0.6 is 11.6 Å². The highest BCUT2D eigenvalue weighted by Gasteiger charge is 2.22. The summed E-state index contributed by atoms with van der Waals surface area (Å²) in [6.07, 6.45) is 1.69. The molecule has 0 saturated carbocycles. The number of nitrogens with one attached hydrogen (secondary N) is 1. The van der Waals surface area contributed by atoms with Gasteiger partial charge in [-0.15, -0.1) is 0 Å². The maximum absolute atomic E-state index is 12.8. The zero-order valence-electron chi connectivity index (χ0n) is 17.1. The van der Waals surface area contributed by atoms with Crippen LogP contribution in [-0.2, 0) is 4.74 Å². The van der Waals surface area contributed by atoms with E-state index in [4.69, 9.17) is 16.3 Å². The molecule has 1 aliphatic heterocycles. The number of aromatic nitrogens is 1. The highest BCUT2D eigenvalue weighted by atomic mass is 35.5. The molecule has 1 atom stereocenters. The number of pyridine rings is 1. The second kappa shape index (κ2) is 10.6. The molecule has 156 valence electrons. The minimum absolute atomic E-state index is 0.00470. The van der Waals surface area contributed by atoms with Crippen molar-refractivity contribution >= 4 is 23.2 Å². The van der Waals surface area contributed by atoms with Crippen molar-refractivity contribution in [2.24, 2.45) is 0 Å². The van der Waals surface area contributed by atoms with Crippen LogP contribution in [0.5, 0.6) is 0 Å². The van der Waals surface area contributed by atoms with E-state index in [-0.39, 0.29) is 11.9 Å². The van der Waals surface area contributed by atoms with Crippen LogP contribution < -0.4 is 10.2 Å². The minimum Gasteiger partial charge on any atom is -0.378 e. The van der Waals surface area contributed by atoms with Crippen molar-refractivity contribution in [3.8, 4) is 0 Å². The Bertz CT molecular complexity index is 807. The van der Waals surface area contributed by atoms with Crippen LogP contribution in [0.15, 0.2) is 42.6 Å². The largest absolute Gasteiger partial charge is 0.378 e. The molecule has 0 radical (unpaired) electrons. The summed E-state index contributed by atoms with van der Waals surface area (Å²) in [5.74, 6) is -0.177. The molecule has 1 aromatic carbocycles. The topological polar surface area (TPSA) is 57.7 Å². The third-order valence-electron chi connectivity index (χ3n) is 5.33. The Kier molecular flexibility index (Phi) is 7.86. The molecule has 3 rings (SSSR count). The average molecular weight is 417 g/mol. The van der Waals surface area contributed by atoms with E-state index in [2.05, 4.69) is 33.9 Å². The Hall–Kier alpha value is -2.15. The number of likely N-dealkylation sites (N-methyl/N-ethyl adjacent to an activating group) is 1. The third kappa shape index (κ3) is 5.47. The molecule has 1 aliphatic rings. The fraction of sp³-hybridized carbons (Fsp3) is 0.455. The third-order valence-corrected chi connectivity index (χ3v) is 5.67. The monoisotopic (exact) mass is 416 g/mol. The molecular weight excluding hydrogens is 388 g/mol. The number of ether oxygens (including phenoxy) is 1. The van der Waals surface area contributed by atoms with E-state index in [1.54, 1.807) is 6.20 Å². The molecule has 1 fully saturated rings. The maximum Gasteiger partial charge on any atom is 0.270 e. The number of morpholine rings is 1. The Labute approximate surface area is 177 Å². The van der Waals surface area contributed by atoms with Crippen LogP contribution in [0.25, 0.3) is 0 Å². The van der Waals surface area contributed by atoms with Crippen molar-refractivity contribution in [3.63, 3.8) is 0 Å². The van der Waals surface area contributed by atoms with Crippen molar-refractivity contribution in [2.45, 2.75) is 19.9 Å². The quantitative estimate of drug-likeness (QED) is 0.714. The van der Waals surface area contributed by atoms with E-state index in [0.717, 1.165) is 37.4 Å². The molecule has 2 aromatic rings. The molecule has 1 amide bonds. The van der Waals surface area contributed by atoms with Gasteiger partial charge in [-0.05, 0) is 36.9 Å². The predicted molar refractivity (Wildman–Crippen MR) is 117 cm³/mol. The number of anilines is 1. The minimum atomic E-state index is -0.177. The number of nitrogens with zero attached hydrogens (tertiary/aromatic N) is 3. The van der Waals surface area contributed by atoms with E-state index in [9.17, 15) is 4.79 Å². The standard InChI is InChI=1S/C22H29ClN4O2/c1-3-26(4-2)21(18-7-5-6-8-19(18)23)16-25-22(28)20-15-17(9-10-24-20)27-11-13-29-14-12-27/h5-10,15,21H,3-4,11-14,16H2,1-2H3,(H,25,28). The first-order valence-corrected chi connectivity index (χ1v) is 10.6. The summed E-state index contributed by atoms with van der Waals surface area (Å²) in [5.41, 5.74) is 2.44. The van der Waals surface area contributed by atoms with Crippen LogP contribution in [0, 0.1) is 0 Å². The van der Waals surface area contributed by atoms with Gasteiger partial charge >= 0.3 is 0 Å². The van der Waals surface area contributed by atoms with Gasteiger partial charge in [-0.1, -0.05) is 43.6 Å². The fourth-order valence-corrected chi connectivity index (χ4v) is 3.95. The van der Waals surface area contributed by atoms with E-state index >= 15 is 0 Å². The molecule has 7 heteroatoms. The van der Waals surface area contributed by atoms with Gasteiger partial charge < -0.3 is 15.0 Å². The molecule has 6 nitrogen and oxygen atoms in total. The van der Waals surface area contributed by atoms with E-state index in [1.165, 1.54) is 0 Å². The second-order valence-corrected chi connectivity index (χ2v) is 7.37. The smallest absolute Gasteiger partial charge is 0.270 e. The van der Waals surface area contributed by atoms with Gasteiger partial charge in [-0.2, -0.15) is 0 Å². The highest BCUT2D eigenvalue weighted by molar-refractivity contribution is 6.31. The van der Waals surface area contributed by atoms with Crippen LogP contribution in [0.4, 0.5) is 5.69 Å². The SMILES string of the molecule is CCN(CC)C(CNC(=O)c1cc(N2CCOCC2)ccn1)c1ccccc1Cl. The van der Waals surface area contributed by atoms with Gasteiger partial charge in [-0.25, -0.2) is 0 Å². The fourth-order valence-electron chi connectivity index (χ4n) is 3.69. The zero-order valence-corrected chi connectivity index (χ0v) is 17.9. The molecular formula is C22H29ClN4O2. The van der Waals surface area contributed by atoms with Crippen molar-refractivity contribution in [3.05, 3.63) is 58.9 Å². The van der Waals surface area contributed by atoms with Gasteiger partial charge in [0.2, 0.25) is 0 Å². The van der Waals surface area contributed by atoms with Gasteiger partial charge in [0.05, 0.1) is 19.3 Å². The molecule has 1 unspecified atom stereocenters.